The van der Waals surface area contributed by atoms with Gasteiger partial charge < -0.3 is 0 Å². The lowest BCUT2D eigenvalue weighted by atomic mass is 9.95. The zero-order chi connectivity index (χ0) is 27.8. The van der Waals surface area contributed by atoms with Crippen LogP contribution in [0.15, 0.2) is 72.8 Å². The fourth-order valence-electron chi connectivity index (χ4n) is 5.44. The van der Waals surface area contributed by atoms with Crippen molar-refractivity contribution in [1.82, 2.24) is 0 Å². The smallest absolute Gasteiger partial charge is 0.126 e. The Hall–Kier alpha value is -3.26. The minimum atomic E-state index is -0.132. The van der Waals surface area contributed by atoms with Crippen molar-refractivity contribution in [2.45, 2.75) is 85.5 Å². The first-order valence-electron chi connectivity index (χ1n) is 14.5. The first kappa shape index (κ1) is 28.7. The maximum atomic E-state index is 13.8. The van der Waals surface area contributed by atoms with E-state index in [0.717, 1.165) is 57.3 Å². The average Bonchev–Trinajstić information content (AvgIpc) is 2.95. The van der Waals surface area contributed by atoms with Crippen molar-refractivity contribution in [2.75, 3.05) is 0 Å². The van der Waals surface area contributed by atoms with Crippen LogP contribution in [0.2, 0.25) is 0 Å². The summed E-state index contributed by atoms with van der Waals surface area (Å²) in [6.07, 6.45) is 11.2. The van der Waals surface area contributed by atoms with Crippen LogP contribution in [0, 0.1) is 39.3 Å². The van der Waals surface area contributed by atoms with Crippen LogP contribution in [-0.4, -0.2) is 0 Å². The van der Waals surface area contributed by atoms with E-state index in [1.807, 2.05) is 39.8 Å². The second kappa shape index (κ2) is 13.7. The summed E-state index contributed by atoms with van der Waals surface area (Å²) in [4.78, 5) is 0. The van der Waals surface area contributed by atoms with Gasteiger partial charge in [0.25, 0.3) is 0 Å². The molecule has 4 rings (SSSR count). The van der Waals surface area contributed by atoms with Crippen LogP contribution in [-0.2, 0) is 12.8 Å². The third-order valence-electron chi connectivity index (χ3n) is 8.40. The van der Waals surface area contributed by atoms with E-state index in [2.05, 4.69) is 48.5 Å². The third kappa shape index (κ3) is 7.44. The highest BCUT2D eigenvalue weighted by Crippen LogP contribution is 2.29. The topological polar surface area (TPSA) is 0 Å². The highest BCUT2D eigenvalue weighted by Gasteiger charge is 2.09. The molecule has 4 aromatic rings. The highest BCUT2D eigenvalue weighted by molar-refractivity contribution is 5.69. The fourth-order valence-corrected chi connectivity index (χ4v) is 5.44. The Kier molecular flexibility index (Phi) is 10.1. The maximum absolute atomic E-state index is 13.8. The number of hydrogen-bond acceptors (Lipinski definition) is 0. The predicted molar refractivity (Wildman–Crippen MR) is 162 cm³/mol. The molecule has 2 heteroatoms. The number of unbranched alkanes of at least 4 members (excludes halogenated alkanes) is 6. The molecule has 0 saturated carbocycles. The molecular formula is C37H42F2. The molecule has 0 aromatic heterocycles. The molecule has 0 spiro atoms. The molecule has 0 aliphatic rings. The zero-order valence-corrected chi connectivity index (χ0v) is 24.0. The number of halogens is 2. The number of rotatable bonds is 12. The summed E-state index contributed by atoms with van der Waals surface area (Å²) in [6.45, 7) is 7.69. The molecule has 0 fully saturated rings. The van der Waals surface area contributed by atoms with Gasteiger partial charge in [-0.2, -0.15) is 0 Å². The molecule has 0 saturated heterocycles. The summed E-state index contributed by atoms with van der Waals surface area (Å²) in [5, 5.41) is 0. The third-order valence-corrected chi connectivity index (χ3v) is 8.40. The van der Waals surface area contributed by atoms with E-state index in [0.29, 0.717) is 0 Å². The van der Waals surface area contributed by atoms with Crippen LogP contribution < -0.4 is 0 Å². The second-order valence-corrected chi connectivity index (χ2v) is 11.1. The first-order valence-corrected chi connectivity index (χ1v) is 14.5. The summed E-state index contributed by atoms with van der Waals surface area (Å²) < 4.78 is 27.6. The molecule has 0 nitrogen and oxygen atoms in total. The van der Waals surface area contributed by atoms with Crippen LogP contribution in [0.5, 0.6) is 0 Å². The van der Waals surface area contributed by atoms with Crippen molar-refractivity contribution in [1.29, 1.82) is 0 Å². The Morgan fingerprint density at radius 3 is 1.08 bits per heavy atom. The van der Waals surface area contributed by atoms with Gasteiger partial charge in [-0.1, -0.05) is 92.8 Å². The summed E-state index contributed by atoms with van der Waals surface area (Å²) in [5.74, 6) is -0.264. The second-order valence-electron chi connectivity index (χ2n) is 11.1. The molecular weight excluding hydrogens is 482 g/mol. The largest absolute Gasteiger partial charge is 0.207 e. The van der Waals surface area contributed by atoms with Gasteiger partial charge >= 0.3 is 0 Å². The van der Waals surface area contributed by atoms with Crippen LogP contribution in [0.1, 0.15) is 78.3 Å². The Bertz CT molecular complexity index is 1260. The summed E-state index contributed by atoms with van der Waals surface area (Å²) in [7, 11) is 0. The minimum Gasteiger partial charge on any atom is -0.207 e. The lowest BCUT2D eigenvalue weighted by Gasteiger charge is -2.11. The summed E-state index contributed by atoms with van der Waals surface area (Å²) in [5.41, 5.74) is 10.8. The Morgan fingerprint density at radius 2 is 0.718 bits per heavy atom. The van der Waals surface area contributed by atoms with Gasteiger partial charge in [-0.25, -0.2) is 8.78 Å². The molecule has 39 heavy (non-hydrogen) atoms. The van der Waals surface area contributed by atoms with Crippen molar-refractivity contribution in [3.8, 4) is 22.3 Å². The van der Waals surface area contributed by atoms with Gasteiger partial charge in [0, 0.05) is 0 Å². The Balaban J connectivity index is 1.10. The lowest BCUT2D eigenvalue weighted by Crippen LogP contribution is -1.92. The van der Waals surface area contributed by atoms with Crippen molar-refractivity contribution in [2.24, 2.45) is 0 Å². The van der Waals surface area contributed by atoms with E-state index in [1.165, 1.54) is 56.1 Å². The standard InChI is InChI=1S/C37H42F2/c1-26-28(3)36(38)24-22-34(26)32-18-14-30(15-19-32)12-10-8-6-5-7-9-11-13-31-16-20-33(21-17-31)35-23-25-37(39)29(4)27(35)2/h14-25H,5-13H2,1-4H3. The SMILES string of the molecule is Cc1c(F)ccc(-c2ccc(CCCCCCCCCc3ccc(-c4ccc(F)c(C)c4C)cc3)cc2)c1C. The molecule has 0 aliphatic carbocycles. The molecule has 0 heterocycles. The Morgan fingerprint density at radius 1 is 0.385 bits per heavy atom. The first-order chi connectivity index (χ1) is 18.8. The number of benzene rings is 4. The molecule has 204 valence electrons. The monoisotopic (exact) mass is 524 g/mol. The lowest BCUT2D eigenvalue weighted by molar-refractivity contribution is 0.579. The normalized spacial score (nSPS) is 11.2. The molecule has 0 aliphatic heterocycles. The quantitative estimate of drug-likeness (QED) is 0.162. The van der Waals surface area contributed by atoms with Gasteiger partial charge in [0.05, 0.1) is 0 Å². The molecule has 0 atom stereocenters. The van der Waals surface area contributed by atoms with Gasteiger partial charge in [-0.15, -0.1) is 0 Å². The van der Waals surface area contributed by atoms with E-state index < -0.39 is 0 Å². The molecule has 0 bridgehead atoms. The van der Waals surface area contributed by atoms with Crippen LogP contribution >= 0.6 is 0 Å². The van der Waals surface area contributed by atoms with Gasteiger partial charge in [0.1, 0.15) is 11.6 Å². The molecule has 4 aromatic carbocycles. The molecule has 0 N–H and O–H groups in total. The summed E-state index contributed by atoms with van der Waals surface area (Å²) >= 11 is 0. The number of hydrogen-bond donors (Lipinski definition) is 0. The predicted octanol–water partition coefficient (Wildman–Crippen LogP) is 11.0. The molecule has 0 amide bonds. The van der Waals surface area contributed by atoms with E-state index in [-0.39, 0.29) is 11.6 Å². The molecule has 0 unspecified atom stereocenters. The Labute approximate surface area is 234 Å². The van der Waals surface area contributed by atoms with Gasteiger partial charge in [0.15, 0.2) is 0 Å². The van der Waals surface area contributed by atoms with Crippen molar-refractivity contribution in [3.05, 3.63) is 118 Å². The van der Waals surface area contributed by atoms with Gasteiger partial charge in [-0.05, 0) is 121 Å². The van der Waals surface area contributed by atoms with Gasteiger partial charge in [0.2, 0.25) is 0 Å². The van der Waals surface area contributed by atoms with E-state index in [4.69, 9.17) is 0 Å². The minimum absolute atomic E-state index is 0.132. The van der Waals surface area contributed by atoms with E-state index in [9.17, 15) is 8.78 Å². The fraction of sp³-hybridized carbons (Fsp3) is 0.351. The van der Waals surface area contributed by atoms with Crippen LogP contribution in [0.4, 0.5) is 8.78 Å². The van der Waals surface area contributed by atoms with Crippen molar-refractivity contribution >= 4 is 0 Å². The van der Waals surface area contributed by atoms with Crippen molar-refractivity contribution in [3.63, 3.8) is 0 Å². The maximum Gasteiger partial charge on any atom is 0.126 e. The van der Waals surface area contributed by atoms with Crippen LogP contribution in [0.3, 0.4) is 0 Å². The highest BCUT2D eigenvalue weighted by atomic mass is 19.1. The van der Waals surface area contributed by atoms with Crippen LogP contribution in [0.25, 0.3) is 22.3 Å². The summed E-state index contributed by atoms with van der Waals surface area (Å²) in [6, 6.07) is 24.5. The van der Waals surface area contributed by atoms with E-state index >= 15 is 0 Å². The zero-order valence-electron chi connectivity index (χ0n) is 24.0. The average molecular weight is 525 g/mol. The van der Waals surface area contributed by atoms with Crippen molar-refractivity contribution < 1.29 is 8.78 Å². The van der Waals surface area contributed by atoms with Gasteiger partial charge in [-0.3, -0.25) is 0 Å². The number of aryl methyl sites for hydroxylation is 2. The molecule has 0 radical (unpaired) electrons. The van der Waals surface area contributed by atoms with E-state index in [1.54, 1.807) is 12.1 Å².